The van der Waals surface area contributed by atoms with Crippen LogP contribution in [0.25, 0.3) is 0 Å². The third-order valence-corrected chi connectivity index (χ3v) is 4.26. The van der Waals surface area contributed by atoms with E-state index in [1.165, 1.54) is 16.7 Å². The normalized spacial score (nSPS) is 17.2. The minimum Gasteiger partial charge on any atom is -0.487 e. The van der Waals surface area contributed by atoms with Gasteiger partial charge in [0.1, 0.15) is 17.5 Å². The van der Waals surface area contributed by atoms with Crippen LogP contribution >= 0.6 is 0 Å². The van der Waals surface area contributed by atoms with Gasteiger partial charge in [-0.05, 0) is 49.9 Å². The van der Waals surface area contributed by atoms with E-state index in [0.29, 0.717) is 0 Å². The van der Waals surface area contributed by atoms with Crippen LogP contribution in [0.2, 0.25) is 0 Å². The van der Waals surface area contributed by atoms with Gasteiger partial charge in [0, 0.05) is 12.0 Å². The third-order valence-electron chi connectivity index (χ3n) is 4.26. The Balaban J connectivity index is 2.02. The predicted octanol–water partition coefficient (Wildman–Crippen LogP) is 4.10. The standard InChI is InChI=1S/C19H22O2/c1-12-8-9-14(10-13(12)2)17(20)16-7-5-6-15-11-19(3,4)21-18(15)16/h5-10,17,20H,11H2,1-4H3. The second-order valence-electron chi connectivity index (χ2n) is 6.62. The molecule has 0 saturated heterocycles. The molecule has 3 rings (SSSR count). The lowest BCUT2D eigenvalue weighted by molar-refractivity contribution is 0.131. The summed E-state index contributed by atoms with van der Waals surface area (Å²) in [6, 6.07) is 12.2. The molecule has 2 aromatic rings. The van der Waals surface area contributed by atoms with Crippen molar-refractivity contribution < 1.29 is 9.84 Å². The highest BCUT2D eigenvalue weighted by molar-refractivity contribution is 5.49. The summed E-state index contributed by atoms with van der Waals surface area (Å²) in [6.07, 6.45) is 0.240. The molecule has 0 spiro atoms. The fraction of sp³-hybridized carbons (Fsp3) is 0.368. The molecule has 1 aliphatic heterocycles. The lowest BCUT2D eigenvalue weighted by Crippen LogP contribution is -2.25. The summed E-state index contributed by atoms with van der Waals surface area (Å²) < 4.78 is 6.06. The Morgan fingerprint density at radius 3 is 2.57 bits per heavy atom. The number of ether oxygens (including phenoxy) is 1. The van der Waals surface area contributed by atoms with Crippen LogP contribution in [0.1, 0.15) is 47.8 Å². The van der Waals surface area contributed by atoms with Crippen LogP contribution in [0.4, 0.5) is 0 Å². The Morgan fingerprint density at radius 1 is 1.10 bits per heavy atom. The molecule has 1 N–H and O–H groups in total. The fourth-order valence-electron chi connectivity index (χ4n) is 2.97. The maximum absolute atomic E-state index is 10.8. The maximum Gasteiger partial charge on any atom is 0.129 e. The van der Waals surface area contributed by atoms with E-state index in [0.717, 1.165) is 23.3 Å². The van der Waals surface area contributed by atoms with Crippen LogP contribution in [0.5, 0.6) is 5.75 Å². The van der Waals surface area contributed by atoms with Gasteiger partial charge in [0.2, 0.25) is 0 Å². The van der Waals surface area contributed by atoms with E-state index in [4.69, 9.17) is 4.74 Å². The second-order valence-corrected chi connectivity index (χ2v) is 6.62. The zero-order chi connectivity index (χ0) is 15.2. The molecule has 0 amide bonds. The summed E-state index contributed by atoms with van der Waals surface area (Å²) in [5.74, 6) is 0.855. The summed E-state index contributed by atoms with van der Waals surface area (Å²) in [4.78, 5) is 0. The van der Waals surface area contributed by atoms with Crippen LogP contribution in [0.15, 0.2) is 36.4 Å². The van der Waals surface area contributed by atoms with Gasteiger partial charge in [0.05, 0.1) is 0 Å². The first-order valence-electron chi connectivity index (χ1n) is 7.43. The van der Waals surface area contributed by atoms with Gasteiger partial charge in [0.25, 0.3) is 0 Å². The van der Waals surface area contributed by atoms with Crippen LogP contribution < -0.4 is 4.74 Å². The van der Waals surface area contributed by atoms with Crippen LogP contribution in [-0.2, 0) is 6.42 Å². The molecule has 2 heteroatoms. The van der Waals surface area contributed by atoms with Crippen molar-refractivity contribution in [3.63, 3.8) is 0 Å². The molecule has 110 valence electrons. The first-order chi connectivity index (χ1) is 9.87. The van der Waals surface area contributed by atoms with E-state index in [-0.39, 0.29) is 5.60 Å². The Bertz CT molecular complexity index is 686. The molecular formula is C19H22O2. The number of para-hydroxylation sites is 1. The Labute approximate surface area is 126 Å². The number of benzene rings is 2. The largest absolute Gasteiger partial charge is 0.487 e. The smallest absolute Gasteiger partial charge is 0.129 e. The van der Waals surface area contributed by atoms with E-state index >= 15 is 0 Å². The molecule has 2 nitrogen and oxygen atoms in total. The zero-order valence-electron chi connectivity index (χ0n) is 13.1. The van der Waals surface area contributed by atoms with Crippen LogP contribution in [-0.4, -0.2) is 10.7 Å². The number of aryl methyl sites for hydroxylation is 2. The monoisotopic (exact) mass is 282 g/mol. The molecule has 0 aromatic heterocycles. The quantitative estimate of drug-likeness (QED) is 0.898. The van der Waals surface area contributed by atoms with Crippen molar-refractivity contribution in [3.8, 4) is 5.75 Å². The number of hydrogen-bond acceptors (Lipinski definition) is 2. The van der Waals surface area contributed by atoms with Crippen molar-refractivity contribution in [2.24, 2.45) is 0 Å². The first kappa shape index (κ1) is 14.2. The minimum atomic E-state index is -0.645. The van der Waals surface area contributed by atoms with Crippen molar-refractivity contribution in [2.75, 3.05) is 0 Å². The zero-order valence-corrected chi connectivity index (χ0v) is 13.1. The molecule has 21 heavy (non-hydrogen) atoms. The molecule has 0 fully saturated rings. The molecule has 0 aliphatic carbocycles. The van der Waals surface area contributed by atoms with Gasteiger partial charge in [-0.3, -0.25) is 0 Å². The number of rotatable bonds is 2. The Morgan fingerprint density at radius 2 is 1.86 bits per heavy atom. The molecule has 2 aromatic carbocycles. The lowest BCUT2D eigenvalue weighted by Gasteiger charge is -2.20. The van der Waals surface area contributed by atoms with Crippen LogP contribution in [0.3, 0.4) is 0 Å². The molecule has 1 unspecified atom stereocenters. The van der Waals surface area contributed by atoms with Crippen molar-refractivity contribution in [3.05, 3.63) is 64.2 Å². The van der Waals surface area contributed by atoms with E-state index in [9.17, 15) is 5.11 Å². The van der Waals surface area contributed by atoms with E-state index in [2.05, 4.69) is 45.9 Å². The third kappa shape index (κ3) is 2.56. The fourth-order valence-corrected chi connectivity index (χ4v) is 2.97. The van der Waals surface area contributed by atoms with Crippen molar-refractivity contribution in [1.29, 1.82) is 0 Å². The van der Waals surface area contributed by atoms with Gasteiger partial charge in [-0.25, -0.2) is 0 Å². The first-order valence-corrected chi connectivity index (χ1v) is 7.43. The average Bonchev–Trinajstić information content (AvgIpc) is 2.74. The molecule has 0 saturated carbocycles. The lowest BCUT2D eigenvalue weighted by atomic mass is 9.95. The Hall–Kier alpha value is -1.80. The highest BCUT2D eigenvalue weighted by Gasteiger charge is 2.33. The highest BCUT2D eigenvalue weighted by Crippen LogP contribution is 2.41. The van der Waals surface area contributed by atoms with E-state index in [1.807, 2.05) is 18.2 Å². The molecule has 1 aliphatic rings. The van der Waals surface area contributed by atoms with E-state index in [1.54, 1.807) is 0 Å². The highest BCUT2D eigenvalue weighted by atomic mass is 16.5. The molecular weight excluding hydrogens is 260 g/mol. The summed E-state index contributed by atoms with van der Waals surface area (Å²) in [5, 5.41) is 10.8. The molecule has 1 atom stereocenters. The number of aliphatic hydroxyl groups excluding tert-OH is 1. The summed E-state index contributed by atoms with van der Waals surface area (Å²) in [5.41, 5.74) is 5.20. The van der Waals surface area contributed by atoms with Gasteiger partial charge in [-0.1, -0.05) is 36.4 Å². The van der Waals surface area contributed by atoms with Gasteiger partial charge in [-0.2, -0.15) is 0 Å². The summed E-state index contributed by atoms with van der Waals surface area (Å²) in [6.45, 7) is 8.32. The number of fused-ring (bicyclic) bond motifs is 1. The number of aliphatic hydroxyl groups is 1. The summed E-state index contributed by atoms with van der Waals surface area (Å²) >= 11 is 0. The second kappa shape index (κ2) is 4.88. The van der Waals surface area contributed by atoms with Gasteiger partial charge < -0.3 is 9.84 Å². The van der Waals surface area contributed by atoms with Gasteiger partial charge in [-0.15, -0.1) is 0 Å². The molecule has 0 radical (unpaired) electrons. The Kier molecular flexibility index (Phi) is 3.29. The van der Waals surface area contributed by atoms with Crippen molar-refractivity contribution in [1.82, 2.24) is 0 Å². The average molecular weight is 282 g/mol. The van der Waals surface area contributed by atoms with Crippen molar-refractivity contribution in [2.45, 2.75) is 45.8 Å². The molecule has 0 bridgehead atoms. The molecule has 1 heterocycles. The van der Waals surface area contributed by atoms with Crippen LogP contribution in [0, 0.1) is 13.8 Å². The van der Waals surface area contributed by atoms with Gasteiger partial charge >= 0.3 is 0 Å². The number of hydrogen-bond donors (Lipinski definition) is 1. The SMILES string of the molecule is Cc1ccc(C(O)c2cccc3c2OC(C)(C)C3)cc1C. The predicted molar refractivity (Wildman–Crippen MR) is 84.8 cm³/mol. The van der Waals surface area contributed by atoms with Crippen molar-refractivity contribution >= 4 is 0 Å². The topological polar surface area (TPSA) is 29.5 Å². The minimum absolute atomic E-state index is 0.193. The van der Waals surface area contributed by atoms with Gasteiger partial charge in [0.15, 0.2) is 0 Å². The maximum atomic E-state index is 10.8. The van der Waals surface area contributed by atoms with E-state index < -0.39 is 6.10 Å². The summed E-state index contributed by atoms with van der Waals surface area (Å²) in [7, 11) is 0.